The number of carbonyl (C=O) groups is 1. The van der Waals surface area contributed by atoms with Gasteiger partial charge in [-0.05, 0) is 37.6 Å². The average molecular weight is 297 g/mol. The number of unbranched alkanes of at least 4 members (excludes halogenated alkanes) is 2. The van der Waals surface area contributed by atoms with E-state index < -0.39 is 0 Å². The van der Waals surface area contributed by atoms with E-state index in [4.69, 9.17) is 0 Å². The van der Waals surface area contributed by atoms with Crippen LogP contribution in [-0.2, 0) is 0 Å². The largest absolute Gasteiger partial charge is 0.384 e. The van der Waals surface area contributed by atoms with Crippen LogP contribution in [0.5, 0.6) is 0 Å². The fourth-order valence-electron chi connectivity index (χ4n) is 2.07. The summed E-state index contributed by atoms with van der Waals surface area (Å²) in [7, 11) is 0. The van der Waals surface area contributed by atoms with Crippen LogP contribution in [0.15, 0.2) is 42.6 Å². The summed E-state index contributed by atoms with van der Waals surface area (Å²) < 4.78 is 0. The molecule has 1 aromatic carbocycles. The van der Waals surface area contributed by atoms with E-state index in [0.29, 0.717) is 11.4 Å². The Bertz CT molecular complexity index is 591. The number of anilines is 2. The van der Waals surface area contributed by atoms with Crippen molar-refractivity contribution in [3.63, 3.8) is 0 Å². The first kappa shape index (κ1) is 16.0. The highest BCUT2D eigenvalue weighted by Crippen LogP contribution is 2.12. The topological polar surface area (TPSA) is 54.0 Å². The zero-order valence-corrected chi connectivity index (χ0v) is 13.2. The number of benzene rings is 1. The van der Waals surface area contributed by atoms with Gasteiger partial charge < -0.3 is 10.6 Å². The highest BCUT2D eigenvalue weighted by molar-refractivity contribution is 6.03. The standard InChI is InChI=1S/C18H23N3O/c1-3-4-5-12-19-16-10-11-17(20-13-16)21-18(22)15-8-6-14(2)7-9-15/h6-11,13,19H,3-5,12H2,1-2H3,(H,20,21,22). The fourth-order valence-corrected chi connectivity index (χ4v) is 2.07. The third kappa shape index (κ3) is 4.88. The van der Waals surface area contributed by atoms with Gasteiger partial charge in [-0.3, -0.25) is 4.79 Å². The fraction of sp³-hybridized carbons (Fsp3) is 0.333. The van der Waals surface area contributed by atoms with Crippen molar-refractivity contribution in [1.82, 2.24) is 4.98 Å². The van der Waals surface area contributed by atoms with Crippen LogP contribution in [0.2, 0.25) is 0 Å². The van der Waals surface area contributed by atoms with E-state index in [2.05, 4.69) is 22.5 Å². The molecule has 0 spiro atoms. The molecule has 4 nitrogen and oxygen atoms in total. The molecule has 0 saturated heterocycles. The molecule has 116 valence electrons. The minimum atomic E-state index is -0.142. The molecule has 0 aliphatic carbocycles. The van der Waals surface area contributed by atoms with Crippen LogP contribution in [0.4, 0.5) is 11.5 Å². The molecule has 1 heterocycles. The molecule has 0 radical (unpaired) electrons. The lowest BCUT2D eigenvalue weighted by atomic mass is 10.1. The molecule has 22 heavy (non-hydrogen) atoms. The molecule has 1 aromatic heterocycles. The predicted octanol–water partition coefficient (Wildman–Crippen LogP) is 4.24. The molecule has 4 heteroatoms. The van der Waals surface area contributed by atoms with E-state index in [1.54, 1.807) is 6.20 Å². The first-order chi connectivity index (χ1) is 10.7. The highest BCUT2D eigenvalue weighted by Gasteiger charge is 2.06. The number of amides is 1. The van der Waals surface area contributed by atoms with E-state index >= 15 is 0 Å². The van der Waals surface area contributed by atoms with Crippen molar-refractivity contribution in [2.45, 2.75) is 33.1 Å². The lowest BCUT2D eigenvalue weighted by Gasteiger charge is -2.08. The van der Waals surface area contributed by atoms with Gasteiger partial charge in [0.05, 0.1) is 11.9 Å². The van der Waals surface area contributed by atoms with Crippen LogP contribution in [-0.4, -0.2) is 17.4 Å². The van der Waals surface area contributed by atoms with Crippen molar-refractivity contribution in [1.29, 1.82) is 0 Å². The second kappa shape index (κ2) is 8.17. The Morgan fingerprint density at radius 3 is 2.50 bits per heavy atom. The number of nitrogens with zero attached hydrogens (tertiary/aromatic N) is 1. The lowest BCUT2D eigenvalue weighted by Crippen LogP contribution is -2.13. The number of nitrogens with one attached hydrogen (secondary N) is 2. The molecule has 1 amide bonds. The van der Waals surface area contributed by atoms with Gasteiger partial charge in [-0.15, -0.1) is 0 Å². The number of carbonyl (C=O) groups excluding carboxylic acids is 1. The summed E-state index contributed by atoms with van der Waals surface area (Å²) >= 11 is 0. The monoisotopic (exact) mass is 297 g/mol. The third-order valence-electron chi connectivity index (χ3n) is 3.43. The van der Waals surface area contributed by atoms with Gasteiger partial charge in [0, 0.05) is 12.1 Å². The van der Waals surface area contributed by atoms with Gasteiger partial charge >= 0.3 is 0 Å². The normalized spacial score (nSPS) is 10.3. The quantitative estimate of drug-likeness (QED) is 0.751. The Labute approximate surface area is 132 Å². The van der Waals surface area contributed by atoms with E-state index in [-0.39, 0.29) is 5.91 Å². The van der Waals surface area contributed by atoms with Crippen molar-refractivity contribution in [2.75, 3.05) is 17.2 Å². The lowest BCUT2D eigenvalue weighted by molar-refractivity contribution is 0.102. The minimum absolute atomic E-state index is 0.142. The van der Waals surface area contributed by atoms with Crippen molar-refractivity contribution in [3.8, 4) is 0 Å². The molecule has 0 fully saturated rings. The maximum Gasteiger partial charge on any atom is 0.256 e. The van der Waals surface area contributed by atoms with Crippen molar-refractivity contribution in [2.24, 2.45) is 0 Å². The zero-order chi connectivity index (χ0) is 15.8. The summed E-state index contributed by atoms with van der Waals surface area (Å²) in [5, 5.41) is 6.13. The number of hydrogen-bond acceptors (Lipinski definition) is 3. The van der Waals surface area contributed by atoms with E-state index in [1.165, 1.54) is 12.8 Å². The molecule has 0 saturated carbocycles. The zero-order valence-electron chi connectivity index (χ0n) is 13.2. The van der Waals surface area contributed by atoms with Gasteiger partial charge in [0.1, 0.15) is 5.82 Å². The summed E-state index contributed by atoms with van der Waals surface area (Å²) in [6.45, 7) is 5.13. The number of aromatic nitrogens is 1. The van der Waals surface area contributed by atoms with Crippen molar-refractivity contribution >= 4 is 17.4 Å². The SMILES string of the molecule is CCCCCNc1ccc(NC(=O)c2ccc(C)cc2)nc1. The Balaban J connectivity index is 1.88. The first-order valence-corrected chi connectivity index (χ1v) is 7.77. The maximum atomic E-state index is 12.1. The summed E-state index contributed by atoms with van der Waals surface area (Å²) in [5.41, 5.74) is 2.74. The van der Waals surface area contributed by atoms with Gasteiger partial charge in [-0.1, -0.05) is 37.5 Å². The predicted molar refractivity (Wildman–Crippen MR) is 91.4 cm³/mol. The van der Waals surface area contributed by atoms with Crippen LogP contribution in [0, 0.1) is 6.92 Å². The molecule has 0 atom stereocenters. The molecule has 0 aliphatic rings. The number of hydrogen-bond donors (Lipinski definition) is 2. The third-order valence-corrected chi connectivity index (χ3v) is 3.43. The molecule has 0 aliphatic heterocycles. The Morgan fingerprint density at radius 1 is 1.09 bits per heavy atom. The van der Waals surface area contributed by atoms with Crippen molar-refractivity contribution in [3.05, 3.63) is 53.7 Å². The molecular formula is C18H23N3O. The van der Waals surface area contributed by atoms with Crippen molar-refractivity contribution < 1.29 is 4.79 Å². The van der Waals surface area contributed by atoms with Gasteiger partial charge in [-0.2, -0.15) is 0 Å². The number of pyridine rings is 1. The van der Waals surface area contributed by atoms with Crippen LogP contribution in [0.25, 0.3) is 0 Å². The van der Waals surface area contributed by atoms with Gasteiger partial charge in [0.15, 0.2) is 0 Å². The van der Waals surface area contributed by atoms with Crippen LogP contribution < -0.4 is 10.6 Å². The maximum absolute atomic E-state index is 12.1. The number of aryl methyl sites for hydroxylation is 1. The van der Waals surface area contributed by atoms with Gasteiger partial charge in [0.25, 0.3) is 5.91 Å². The van der Waals surface area contributed by atoms with Crippen LogP contribution in [0.1, 0.15) is 42.1 Å². The minimum Gasteiger partial charge on any atom is -0.384 e. The molecule has 2 rings (SSSR count). The summed E-state index contributed by atoms with van der Waals surface area (Å²) in [6, 6.07) is 11.2. The average Bonchev–Trinajstić information content (AvgIpc) is 2.54. The molecule has 2 N–H and O–H groups in total. The second-order valence-corrected chi connectivity index (χ2v) is 5.39. The smallest absolute Gasteiger partial charge is 0.256 e. The van der Waals surface area contributed by atoms with Gasteiger partial charge in [0.2, 0.25) is 0 Å². The van der Waals surface area contributed by atoms with Crippen LogP contribution >= 0.6 is 0 Å². The Morgan fingerprint density at radius 2 is 1.86 bits per heavy atom. The molecule has 0 bridgehead atoms. The Kier molecular flexibility index (Phi) is 5.95. The van der Waals surface area contributed by atoms with Gasteiger partial charge in [-0.25, -0.2) is 4.98 Å². The molecule has 2 aromatic rings. The highest BCUT2D eigenvalue weighted by atomic mass is 16.1. The summed E-state index contributed by atoms with van der Waals surface area (Å²) in [6.07, 6.45) is 5.34. The van der Waals surface area contributed by atoms with E-state index in [1.807, 2.05) is 43.3 Å². The van der Waals surface area contributed by atoms with E-state index in [0.717, 1.165) is 24.2 Å². The van der Waals surface area contributed by atoms with Crippen LogP contribution in [0.3, 0.4) is 0 Å². The Hall–Kier alpha value is -2.36. The summed E-state index contributed by atoms with van der Waals surface area (Å²) in [4.78, 5) is 16.4. The second-order valence-electron chi connectivity index (χ2n) is 5.39. The first-order valence-electron chi connectivity index (χ1n) is 7.77. The van der Waals surface area contributed by atoms with E-state index in [9.17, 15) is 4.79 Å². The molecule has 0 unspecified atom stereocenters. The summed E-state index contributed by atoms with van der Waals surface area (Å²) in [5.74, 6) is 0.417. The molecular weight excluding hydrogens is 274 g/mol. The number of rotatable bonds is 7.